The molecule has 0 radical (unpaired) electrons. The first-order chi connectivity index (χ1) is 11.1. The summed E-state index contributed by atoms with van der Waals surface area (Å²) < 4.78 is 24.7. The second-order valence-corrected chi connectivity index (χ2v) is 10.4. The topological polar surface area (TPSA) is 68.4 Å². The van der Waals surface area contributed by atoms with Gasteiger partial charge in [-0.3, -0.25) is 0 Å². The summed E-state index contributed by atoms with van der Waals surface area (Å²) in [4.78, 5) is 0. The number of ether oxygens (including phenoxy) is 2. The molecule has 5 nitrogen and oxygen atoms in total. The Morgan fingerprint density at radius 2 is 1.71 bits per heavy atom. The Hall–Kier alpha value is 0.0169. The van der Waals surface area contributed by atoms with Crippen molar-refractivity contribution < 1.29 is 23.8 Å². The van der Waals surface area contributed by atoms with Gasteiger partial charge in [-0.05, 0) is 31.7 Å². The van der Waals surface area contributed by atoms with Crippen LogP contribution in [0.3, 0.4) is 0 Å². The van der Waals surface area contributed by atoms with Gasteiger partial charge in [0.2, 0.25) is 0 Å². The van der Waals surface area contributed by atoms with E-state index in [4.69, 9.17) is 18.3 Å². The number of hydrogen-bond acceptors (Lipinski definition) is 4. The quantitative estimate of drug-likeness (QED) is 0.525. The van der Waals surface area contributed by atoms with Crippen LogP contribution < -0.4 is 0 Å². The van der Waals surface area contributed by atoms with Crippen molar-refractivity contribution in [2.45, 2.75) is 83.1 Å². The average Bonchev–Trinajstić information content (AvgIpc) is 2.59. The van der Waals surface area contributed by atoms with Crippen LogP contribution in [0.15, 0.2) is 0 Å². The number of methoxy groups -OCH3 is 1. The van der Waals surface area contributed by atoms with E-state index in [1.165, 1.54) is 0 Å². The predicted molar refractivity (Wildman–Crippen MR) is 101 cm³/mol. The third kappa shape index (κ3) is 4.59. The SMILES string of the molecule is CCCOC(CCC)C1CCC[Si](OC)(OC)C1(CCC)OC.O. The summed E-state index contributed by atoms with van der Waals surface area (Å²) in [6.07, 6.45) is 7.84. The second-order valence-electron chi connectivity index (χ2n) is 6.70. The molecule has 1 rings (SSSR count). The van der Waals surface area contributed by atoms with Crippen LogP contribution in [-0.4, -0.2) is 53.3 Å². The van der Waals surface area contributed by atoms with E-state index in [0.29, 0.717) is 5.92 Å². The summed E-state index contributed by atoms with van der Waals surface area (Å²) in [7, 11) is 3.03. The Balaban J connectivity index is 0.00000529. The molecule has 1 fully saturated rings. The molecule has 1 heterocycles. The minimum atomic E-state index is -2.43. The minimum absolute atomic E-state index is 0. The van der Waals surface area contributed by atoms with Gasteiger partial charge in [-0.25, -0.2) is 0 Å². The highest BCUT2D eigenvalue weighted by Crippen LogP contribution is 2.49. The highest BCUT2D eigenvalue weighted by atomic mass is 28.4. The van der Waals surface area contributed by atoms with Gasteiger partial charge in [-0.15, -0.1) is 0 Å². The lowest BCUT2D eigenvalue weighted by atomic mass is 9.85. The molecule has 0 aliphatic carbocycles. The molecule has 146 valence electrons. The zero-order valence-electron chi connectivity index (χ0n) is 16.7. The second kappa shape index (κ2) is 11.6. The van der Waals surface area contributed by atoms with Crippen molar-refractivity contribution in [2.75, 3.05) is 27.9 Å². The molecule has 3 unspecified atom stereocenters. The fourth-order valence-corrected chi connectivity index (χ4v) is 8.71. The summed E-state index contributed by atoms with van der Waals surface area (Å²) in [5.41, 5.74) is 0. The van der Waals surface area contributed by atoms with Crippen LogP contribution in [-0.2, 0) is 18.3 Å². The van der Waals surface area contributed by atoms with E-state index in [2.05, 4.69) is 20.8 Å². The molecular formula is C18H40O5Si. The Morgan fingerprint density at radius 3 is 2.17 bits per heavy atom. The van der Waals surface area contributed by atoms with E-state index >= 15 is 0 Å². The highest BCUT2D eigenvalue weighted by molar-refractivity contribution is 6.70. The molecule has 2 N–H and O–H groups in total. The molecule has 3 atom stereocenters. The molecule has 0 aromatic heterocycles. The maximum atomic E-state index is 6.29. The van der Waals surface area contributed by atoms with E-state index < -0.39 is 8.56 Å². The lowest BCUT2D eigenvalue weighted by molar-refractivity contribution is -0.113. The Morgan fingerprint density at radius 1 is 1.04 bits per heavy atom. The molecular weight excluding hydrogens is 324 g/mol. The van der Waals surface area contributed by atoms with Crippen LogP contribution in [0.5, 0.6) is 0 Å². The monoisotopic (exact) mass is 364 g/mol. The summed E-state index contributed by atoms with van der Waals surface area (Å²) in [5, 5.41) is -0.308. The first kappa shape index (κ1) is 24.0. The summed E-state index contributed by atoms with van der Waals surface area (Å²) >= 11 is 0. The Kier molecular flexibility index (Phi) is 11.6. The van der Waals surface area contributed by atoms with Crippen LogP contribution in [0.25, 0.3) is 0 Å². The fourth-order valence-electron chi connectivity index (χ4n) is 4.51. The summed E-state index contributed by atoms with van der Waals surface area (Å²) in [6.45, 7) is 7.44. The number of rotatable bonds is 11. The van der Waals surface area contributed by atoms with Gasteiger partial charge in [0.15, 0.2) is 0 Å². The van der Waals surface area contributed by atoms with Gasteiger partial charge < -0.3 is 23.8 Å². The molecule has 0 aromatic rings. The molecule has 1 aliphatic rings. The molecule has 0 spiro atoms. The highest BCUT2D eigenvalue weighted by Gasteiger charge is 2.64. The Bertz CT molecular complexity index is 325. The van der Waals surface area contributed by atoms with Gasteiger partial charge in [-0.2, -0.15) is 0 Å². The van der Waals surface area contributed by atoms with Crippen LogP contribution >= 0.6 is 0 Å². The average molecular weight is 365 g/mol. The van der Waals surface area contributed by atoms with E-state index in [1.807, 2.05) is 21.3 Å². The summed E-state index contributed by atoms with van der Waals surface area (Å²) in [6, 6.07) is 1.01. The van der Waals surface area contributed by atoms with Crippen molar-refractivity contribution in [3.05, 3.63) is 0 Å². The van der Waals surface area contributed by atoms with Crippen molar-refractivity contribution in [3.8, 4) is 0 Å². The van der Waals surface area contributed by atoms with E-state index in [-0.39, 0.29) is 16.8 Å². The largest absolute Gasteiger partial charge is 0.412 e. The van der Waals surface area contributed by atoms with E-state index in [0.717, 1.165) is 57.6 Å². The molecule has 6 heteroatoms. The summed E-state index contributed by atoms with van der Waals surface area (Å²) in [5.74, 6) is 0.360. The zero-order chi connectivity index (χ0) is 17.3. The molecule has 1 aliphatic heterocycles. The smallest absolute Gasteiger partial charge is 0.371 e. The normalized spacial score (nSPS) is 27.5. The van der Waals surface area contributed by atoms with Gasteiger partial charge in [0.25, 0.3) is 0 Å². The standard InChI is InChI=1S/C18H38O4Si.H2O/c1-7-11-17(22-14-9-3)16-12-10-15-23(20-5,21-6)18(16,19-4)13-8-2;/h16-17H,7-15H2,1-6H3;1H2. The van der Waals surface area contributed by atoms with Gasteiger partial charge in [0.05, 0.1) is 6.10 Å². The van der Waals surface area contributed by atoms with Crippen molar-refractivity contribution >= 4 is 8.56 Å². The van der Waals surface area contributed by atoms with E-state index in [9.17, 15) is 0 Å². The molecule has 1 saturated heterocycles. The lowest BCUT2D eigenvalue weighted by Crippen LogP contribution is -2.70. The van der Waals surface area contributed by atoms with Crippen LogP contribution in [0.4, 0.5) is 0 Å². The van der Waals surface area contributed by atoms with Crippen molar-refractivity contribution in [2.24, 2.45) is 5.92 Å². The third-order valence-corrected chi connectivity index (χ3v) is 9.91. The van der Waals surface area contributed by atoms with Gasteiger partial charge in [0, 0.05) is 33.9 Å². The molecule has 0 amide bonds. The zero-order valence-corrected chi connectivity index (χ0v) is 17.7. The lowest BCUT2D eigenvalue weighted by Gasteiger charge is -2.54. The van der Waals surface area contributed by atoms with E-state index in [1.54, 1.807) is 0 Å². The van der Waals surface area contributed by atoms with Crippen molar-refractivity contribution in [1.29, 1.82) is 0 Å². The molecule has 0 bridgehead atoms. The minimum Gasteiger partial charge on any atom is -0.412 e. The van der Waals surface area contributed by atoms with Gasteiger partial charge in [0.1, 0.15) is 5.22 Å². The first-order valence-corrected chi connectivity index (χ1v) is 11.4. The molecule has 0 saturated carbocycles. The van der Waals surface area contributed by atoms with Gasteiger partial charge in [-0.1, -0.05) is 40.0 Å². The fraction of sp³-hybridized carbons (Fsp3) is 1.00. The Labute approximate surface area is 150 Å². The predicted octanol–water partition coefficient (Wildman–Crippen LogP) is 3.63. The van der Waals surface area contributed by atoms with Crippen LogP contribution in [0, 0.1) is 5.92 Å². The maximum Gasteiger partial charge on any atom is 0.371 e. The maximum absolute atomic E-state index is 6.29. The van der Waals surface area contributed by atoms with Crippen LogP contribution in [0.2, 0.25) is 6.04 Å². The van der Waals surface area contributed by atoms with Crippen molar-refractivity contribution in [3.63, 3.8) is 0 Å². The van der Waals surface area contributed by atoms with Crippen LogP contribution in [0.1, 0.15) is 65.7 Å². The van der Waals surface area contributed by atoms with Crippen molar-refractivity contribution in [1.82, 2.24) is 0 Å². The molecule has 0 aromatic carbocycles. The first-order valence-electron chi connectivity index (χ1n) is 9.38. The number of hydrogen-bond donors (Lipinski definition) is 0. The van der Waals surface area contributed by atoms with Gasteiger partial charge >= 0.3 is 8.56 Å². The third-order valence-electron chi connectivity index (χ3n) is 5.47. The molecule has 24 heavy (non-hydrogen) atoms.